The molecule has 1 aromatic heterocycles. The van der Waals surface area contributed by atoms with Gasteiger partial charge in [-0.1, -0.05) is 61.9 Å². The number of nitrogens with zero attached hydrogens (tertiary/aromatic N) is 1. The summed E-state index contributed by atoms with van der Waals surface area (Å²) in [5.41, 5.74) is 8.82. The summed E-state index contributed by atoms with van der Waals surface area (Å²) in [7, 11) is 0. The Bertz CT molecular complexity index is 1430. The van der Waals surface area contributed by atoms with Crippen LogP contribution in [0.3, 0.4) is 0 Å². The van der Waals surface area contributed by atoms with Crippen LogP contribution in [-0.4, -0.2) is 23.9 Å². The third-order valence-corrected chi connectivity index (χ3v) is 6.60. The van der Waals surface area contributed by atoms with Crippen molar-refractivity contribution < 1.29 is 13.6 Å². The normalized spacial score (nSPS) is 12.2. The smallest absolute Gasteiger partial charge is 0.254 e. The summed E-state index contributed by atoms with van der Waals surface area (Å²) in [5, 5.41) is 0.317. The number of amides is 1. The van der Waals surface area contributed by atoms with Gasteiger partial charge in [-0.05, 0) is 55.6 Å². The van der Waals surface area contributed by atoms with Crippen LogP contribution in [0.25, 0.3) is 11.0 Å². The molecule has 6 heteroatoms. The average molecular weight is 501 g/mol. The fraction of sp³-hybridized carbons (Fsp3) is 0.290. The van der Waals surface area contributed by atoms with Crippen LogP contribution in [0.2, 0.25) is 0 Å². The minimum Gasteiger partial charge on any atom is -0.458 e. The van der Waals surface area contributed by atoms with Crippen LogP contribution >= 0.6 is 0 Å². The Morgan fingerprint density at radius 2 is 1.73 bits per heavy atom. The number of hydrogen-bond acceptors (Lipinski definition) is 4. The molecule has 1 unspecified atom stereocenters. The van der Waals surface area contributed by atoms with Gasteiger partial charge in [0.25, 0.3) is 5.91 Å². The third-order valence-electron chi connectivity index (χ3n) is 6.60. The molecule has 0 aliphatic heterocycles. The van der Waals surface area contributed by atoms with Crippen LogP contribution in [0.4, 0.5) is 4.39 Å². The standard InChI is InChI=1S/C31H33FN2O3/c1-20(2)28(34(17-7-16-33)31(36)23-12-10-21(3)11-13-23)30-26(18-22-8-5-4-6-9-22)29(35)25-15-14-24(32)19-27(25)37-30/h4-6,8-15,19-20,28H,7,16-18,33H2,1-3H3. The van der Waals surface area contributed by atoms with E-state index >= 15 is 0 Å². The second-order valence-corrected chi connectivity index (χ2v) is 9.77. The van der Waals surface area contributed by atoms with E-state index in [-0.39, 0.29) is 22.8 Å². The topological polar surface area (TPSA) is 76.5 Å². The molecule has 4 rings (SSSR count). The van der Waals surface area contributed by atoms with Crippen molar-refractivity contribution >= 4 is 16.9 Å². The van der Waals surface area contributed by atoms with Crippen molar-refractivity contribution in [3.05, 3.63) is 117 Å². The molecule has 0 spiro atoms. The summed E-state index contributed by atoms with van der Waals surface area (Å²) in [6.07, 6.45) is 0.916. The molecular weight excluding hydrogens is 467 g/mol. The largest absolute Gasteiger partial charge is 0.458 e. The van der Waals surface area contributed by atoms with E-state index in [4.69, 9.17) is 10.2 Å². The van der Waals surface area contributed by atoms with Gasteiger partial charge in [-0.15, -0.1) is 0 Å². The Morgan fingerprint density at radius 1 is 1.03 bits per heavy atom. The maximum atomic E-state index is 14.2. The van der Waals surface area contributed by atoms with Gasteiger partial charge in [-0.3, -0.25) is 9.59 Å². The van der Waals surface area contributed by atoms with E-state index in [1.54, 1.807) is 17.0 Å². The first-order valence-electron chi connectivity index (χ1n) is 12.7. The maximum Gasteiger partial charge on any atom is 0.254 e. The second-order valence-electron chi connectivity index (χ2n) is 9.77. The van der Waals surface area contributed by atoms with Gasteiger partial charge in [0.15, 0.2) is 5.43 Å². The minimum atomic E-state index is -0.556. The average Bonchev–Trinajstić information content (AvgIpc) is 2.88. The zero-order valence-electron chi connectivity index (χ0n) is 21.5. The van der Waals surface area contributed by atoms with Crippen LogP contribution in [0.15, 0.2) is 82.0 Å². The van der Waals surface area contributed by atoms with Crippen LogP contribution in [0, 0.1) is 18.7 Å². The lowest BCUT2D eigenvalue weighted by Crippen LogP contribution is -2.40. The first kappa shape index (κ1) is 26.3. The molecule has 3 aromatic carbocycles. The first-order valence-corrected chi connectivity index (χ1v) is 12.7. The molecule has 192 valence electrons. The molecule has 0 bridgehead atoms. The van der Waals surface area contributed by atoms with E-state index in [0.29, 0.717) is 48.2 Å². The van der Waals surface area contributed by atoms with Crippen molar-refractivity contribution in [3.63, 3.8) is 0 Å². The lowest BCUT2D eigenvalue weighted by atomic mass is 9.91. The van der Waals surface area contributed by atoms with Gasteiger partial charge in [0.2, 0.25) is 0 Å². The summed E-state index contributed by atoms with van der Waals surface area (Å²) < 4.78 is 20.5. The molecule has 4 aromatic rings. The molecule has 0 aliphatic carbocycles. The number of aryl methyl sites for hydroxylation is 1. The molecule has 1 heterocycles. The third kappa shape index (κ3) is 5.81. The highest BCUT2D eigenvalue weighted by Crippen LogP contribution is 2.34. The van der Waals surface area contributed by atoms with Crippen molar-refractivity contribution in [2.24, 2.45) is 11.7 Å². The number of halogens is 1. The predicted octanol–water partition coefficient (Wildman–Crippen LogP) is 6.02. The van der Waals surface area contributed by atoms with Gasteiger partial charge in [0.05, 0.1) is 11.4 Å². The van der Waals surface area contributed by atoms with Gasteiger partial charge in [-0.2, -0.15) is 0 Å². The number of benzene rings is 3. The van der Waals surface area contributed by atoms with E-state index in [9.17, 15) is 14.0 Å². The number of nitrogens with two attached hydrogens (primary N) is 1. The van der Waals surface area contributed by atoms with Gasteiger partial charge >= 0.3 is 0 Å². The molecule has 1 amide bonds. The molecule has 0 saturated heterocycles. The second kappa shape index (κ2) is 11.5. The number of carbonyl (C=O) groups excluding carboxylic acids is 1. The van der Waals surface area contributed by atoms with Crippen molar-refractivity contribution in [1.82, 2.24) is 4.90 Å². The first-order chi connectivity index (χ1) is 17.8. The van der Waals surface area contributed by atoms with Crippen LogP contribution < -0.4 is 11.2 Å². The molecule has 0 aliphatic rings. The van der Waals surface area contributed by atoms with E-state index in [1.165, 1.54) is 18.2 Å². The highest BCUT2D eigenvalue weighted by Gasteiger charge is 2.33. The fourth-order valence-corrected chi connectivity index (χ4v) is 4.72. The molecule has 2 N–H and O–H groups in total. The summed E-state index contributed by atoms with van der Waals surface area (Å²) in [5.74, 6) is -0.371. The van der Waals surface area contributed by atoms with Crippen molar-refractivity contribution in [2.75, 3.05) is 13.1 Å². The molecule has 0 fully saturated rings. The quantitative estimate of drug-likeness (QED) is 0.305. The monoisotopic (exact) mass is 500 g/mol. The highest BCUT2D eigenvalue weighted by molar-refractivity contribution is 5.94. The maximum absolute atomic E-state index is 14.2. The molecule has 37 heavy (non-hydrogen) atoms. The van der Waals surface area contributed by atoms with E-state index in [0.717, 1.165) is 11.1 Å². The molecule has 5 nitrogen and oxygen atoms in total. The predicted molar refractivity (Wildman–Crippen MR) is 145 cm³/mol. The SMILES string of the molecule is Cc1ccc(C(=O)N(CCCN)C(c2oc3cc(F)ccc3c(=O)c2Cc2ccccc2)C(C)C)cc1. The lowest BCUT2D eigenvalue weighted by molar-refractivity contribution is 0.0587. The van der Waals surface area contributed by atoms with Gasteiger partial charge in [0, 0.05) is 30.2 Å². The molecule has 1 atom stereocenters. The van der Waals surface area contributed by atoms with Crippen molar-refractivity contribution in [3.8, 4) is 0 Å². The van der Waals surface area contributed by atoms with E-state index in [2.05, 4.69) is 0 Å². The zero-order valence-corrected chi connectivity index (χ0v) is 21.5. The van der Waals surface area contributed by atoms with Crippen LogP contribution in [0.1, 0.15) is 59.1 Å². The zero-order chi connectivity index (χ0) is 26.5. The Morgan fingerprint density at radius 3 is 2.38 bits per heavy atom. The summed E-state index contributed by atoms with van der Waals surface area (Å²) in [6, 6.07) is 20.5. The number of carbonyl (C=O) groups is 1. The Kier molecular flexibility index (Phi) is 8.19. The van der Waals surface area contributed by atoms with Gasteiger partial charge in [0.1, 0.15) is 17.2 Å². The molecular formula is C31H33FN2O3. The Balaban J connectivity index is 1.93. The van der Waals surface area contributed by atoms with Crippen molar-refractivity contribution in [1.29, 1.82) is 0 Å². The van der Waals surface area contributed by atoms with Crippen molar-refractivity contribution in [2.45, 2.75) is 39.7 Å². The number of rotatable bonds is 9. The van der Waals surface area contributed by atoms with Crippen LogP contribution in [-0.2, 0) is 6.42 Å². The Labute approximate surface area is 216 Å². The summed E-state index contributed by atoms with van der Waals surface area (Å²) in [6.45, 7) is 6.75. The number of hydrogen-bond donors (Lipinski definition) is 1. The van der Waals surface area contributed by atoms with Gasteiger partial charge in [-0.25, -0.2) is 4.39 Å². The Hall–Kier alpha value is -3.77. The lowest BCUT2D eigenvalue weighted by Gasteiger charge is -2.35. The minimum absolute atomic E-state index is 0.101. The van der Waals surface area contributed by atoms with Crippen LogP contribution in [0.5, 0.6) is 0 Å². The van der Waals surface area contributed by atoms with Gasteiger partial charge < -0.3 is 15.1 Å². The number of fused-ring (bicyclic) bond motifs is 1. The fourth-order valence-electron chi connectivity index (χ4n) is 4.72. The van der Waals surface area contributed by atoms with E-state index < -0.39 is 11.9 Å². The summed E-state index contributed by atoms with van der Waals surface area (Å²) in [4.78, 5) is 29.4. The van der Waals surface area contributed by atoms with E-state index in [1.807, 2.05) is 63.2 Å². The molecule has 0 radical (unpaired) electrons. The molecule has 0 saturated carbocycles. The highest BCUT2D eigenvalue weighted by atomic mass is 19.1. The summed E-state index contributed by atoms with van der Waals surface area (Å²) >= 11 is 0.